The number of carbonyl (C=O) groups excluding carboxylic acids is 1. The Balaban J connectivity index is 2.41. The summed E-state index contributed by atoms with van der Waals surface area (Å²) in [6.07, 6.45) is 2.75. The van der Waals surface area contributed by atoms with E-state index in [0.717, 1.165) is 12.7 Å². The topological polar surface area (TPSA) is 29.6 Å². The van der Waals surface area contributed by atoms with Gasteiger partial charge < -0.3 is 9.53 Å². The Kier molecular flexibility index (Phi) is 1.58. The third-order valence-corrected chi connectivity index (χ3v) is 2.12. The summed E-state index contributed by atoms with van der Waals surface area (Å²) in [6, 6.07) is 0. The van der Waals surface area contributed by atoms with Crippen LogP contribution in [0.25, 0.3) is 0 Å². The van der Waals surface area contributed by atoms with Crippen LogP contribution in [0.15, 0.2) is 0 Å². The molecular formula is C7H12O2. The van der Waals surface area contributed by atoms with Crippen molar-refractivity contribution in [1.82, 2.24) is 0 Å². The van der Waals surface area contributed by atoms with Crippen molar-refractivity contribution < 1.29 is 9.53 Å². The van der Waals surface area contributed by atoms with Crippen LogP contribution in [0.5, 0.6) is 0 Å². The lowest BCUT2D eigenvalue weighted by Crippen LogP contribution is -2.12. The average molecular weight is 128 g/mol. The van der Waals surface area contributed by atoms with Gasteiger partial charge in [0.05, 0.1) is 6.10 Å². The Labute approximate surface area is 55.2 Å². The molecule has 1 aliphatic rings. The first-order chi connectivity index (χ1) is 4.25. The van der Waals surface area contributed by atoms with Gasteiger partial charge in [-0.3, -0.25) is 0 Å². The maximum atomic E-state index is 10.1. The van der Waals surface area contributed by atoms with Crippen molar-refractivity contribution in [2.45, 2.75) is 38.4 Å². The van der Waals surface area contributed by atoms with E-state index in [2.05, 4.69) is 0 Å². The summed E-state index contributed by atoms with van der Waals surface area (Å²) in [6.45, 7) is 4.06. The van der Waals surface area contributed by atoms with E-state index < -0.39 is 0 Å². The summed E-state index contributed by atoms with van der Waals surface area (Å²) >= 11 is 0. The van der Waals surface area contributed by atoms with Gasteiger partial charge >= 0.3 is 0 Å². The lowest BCUT2D eigenvalue weighted by Gasteiger charge is -2.01. The molecule has 0 aromatic rings. The zero-order chi connectivity index (χ0) is 6.91. The highest BCUT2D eigenvalue weighted by molar-refractivity contribution is 5.52. The zero-order valence-electron chi connectivity index (χ0n) is 5.89. The second kappa shape index (κ2) is 2.10. The summed E-state index contributed by atoms with van der Waals surface area (Å²) < 4.78 is 5.26. The van der Waals surface area contributed by atoms with Crippen molar-refractivity contribution >= 4 is 6.29 Å². The van der Waals surface area contributed by atoms with E-state index in [0.29, 0.717) is 12.5 Å². The Morgan fingerprint density at radius 1 is 1.78 bits per heavy atom. The van der Waals surface area contributed by atoms with Crippen molar-refractivity contribution in [2.24, 2.45) is 0 Å². The van der Waals surface area contributed by atoms with Gasteiger partial charge in [0.25, 0.3) is 0 Å². The molecule has 1 aliphatic heterocycles. The van der Waals surface area contributed by atoms with Crippen LogP contribution in [-0.4, -0.2) is 18.0 Å². The standard InChI is InChI=1S/C7H12O2/c1-3-7(4-5-8)6(2)9-7/h5-6H,3-4H2,1-2H3. The SMILES string of the molecule is CCC1(CC=O)OC1C. The number of rotatable bonds is 3. The van der Waals surface area contributed by atoms with E-state index >= 15 is 0 Å². The quantitative estimate of drug-likeness (QED) is 0.421. The van der Waals surface area contributed by atoms with E-state index in [1.165, 1.54) is 0 Å². The van der Waals surface area contributed by atoms with Gasteiger partial charge in [-0.1, -0.05) is 6.92 Å². The first-order valence-corrected chi connectivity index (χ1v) is 3.36. The molecule has 2 heteroatoms. The molecule has 0 aromatic heterocycles. The van der Waals surface area contributed by atoms with E-state index in [4.69, 9.17) is 4.74 Å². The van der Waals surface area contributed by atoms with Crippen LogP contribution in [-0.2, 0) is 9.53 Å². The Morgan fingerprint density at radius 2 is 2.33 bits per heavy atom. The predicted molar refractivity (Wildman–Crippen MR) is 34.2 cm³/mol. The molecule has 0 aromatic carbocycles. The van der Waals surface area contributed by atoms with Crippen LogP contribution in [0.2, 0.25) is 0 Å². The highest BCUT2D eigenvalue weighted by Gasteiger charge is 2.50. The molecule has 9 heavy (non-hydrogen) atoms. The number of carbonyl (C=O) groups is 1. The van der Waals surface area contributed by atoms with Crippen molar-refractivity contribution in [3.8, 4) is 0 Å². The maximum absolute atomic E-state index is 10.1. The van der Waals surface area contributed by atoms with Gasteiger partial charge in [0.2, 0.25) is 0 Å². The number of aldehydes is 1. The average Bonchev–Trinajstić information content (AvgIpc) is 2.45. The molecular weight excluding hydrogens is 116 g/mol. The van der Waals surface area contributed by atoms with E-state index in [-0.39, 0.29) is 5.60 Å². The van der Waals surface area contributed by atoms with Gasteiger partial charge in [-0.2, -0.15) is 0 Å². The minimum absolute atomic E-state index is 0.0677. The van der Waals surface area contributed by atoms with E-state index in [1.54, 1.807) is 0 Å². The molecule has 0 saturated carbocycles. The third kappa shape index (κ3) is 0.990. The van der Waals surface area contributed by atoms with Crippen LogP contribution in [0.1, 0.15) is 26.7 Å². The van der Waals surface area contributed by atoms with Crippen LogP contribution >= 0.6 is 0 Å². The number of hydrogen-bond acceptors (Lipinski definition) is 2. The largest absolute Gasteiger partial charge is 0.366 e. The van der Waals surface area contributed by atoms with Crippen LogP contribution in [0, 0.1) is 0 Å². The molecule has 0 amide bonds. The molecule has 1 fully saturated rings. The molecule has 0 spiro atoms. The fourth-order valence-corrected chi connectivity index (χ4v) is 1.19. The summed E-state index contributed by atoms with van der Waals surface area (Å²) in [5, 5.41) is 0. The smallest absolute Gasteiger partial charge is 0.122 e. The van der Waals surface area contributed by atoms with Gasteiger partial charge in [-0.25, -0.2) is 0 Å². The lowest BCUT2D eigenvalue weighted by molar-refractivity contribution is -0.108. The van der Waals surface area contributed by atoms with Crippen molar-refractivity contribution in [3.63, 3.8) is 0 Å². The highest BCUT2D eigenvalue weighted by atomic mass is 16.6. The number of hydrogen-bond donors (Lipinski definition) is 0. The van der Waals surface area contributed by atoms with Gasteiger partial charge in [0, 0.05) is 6.42 Å². The predicted octanol–water partition coefficient (Wildman–Crippen LogP) is 1.14. The monoisotopic (exact) mass is 128 g/mol. The van der Waals surface area contributed by atoms with Crippen molar-refractivity contribution in [3.05, 3.63) is 0 Å². The van der Waals surface area contributed by atoms with Crippen LogP contribution in [0.4, 0.5) is 0 Å². The van der Waals surface area contributed by atoms with Crippen molar-refractivity contribution in [1.29, 1.82) is 0 Å². The summed E-state index contributed by atoms with van der Waals surface area (Å²) in [4.78, 5) is 10.1. The molecule has 1 heterocycles. The zero-order valence-corrected chi connectivity index (χ0v) is 5.89. The van der Waals surface area contributed by atoms with E-state index in [1.807, 2.05) is 13.8 Å². The molecule has 1 saturated heterocycles. The van der Waals surface area contributed by atoms with Crippen LogP contribution in [0.3, 0.4) is 0 Å². The van der Waals surface area contributed by atoms with Gasteiger partial charge in [0.1, 0.15) is 11.9 Å². The van der Waals surface area contributed by atoms with E-state index in [9.17, 15) is 4.79 Å². The fraction of sp³-hybridized carbons (Fsp3) is 0.857. The first-order valence-electron chi connectivity index (χ1n) is 3.36. The van der Waals surface area contributed by atoms with Gasteiger partial charge in [0.15, 0.2) is 0 Å². The summed E-state index contributed by atoms with van der Waals surface area (Å²) in [5.74, 6) is 0. The minimum Gasteiger partial charge on any atom is -0.366 e. The summed E-state index contributed by atoms with van der Waals surface area (Å²) in [7, 11) is 0. The molecule has 1 rings (SSSR count). The highest BCUT2D eigenvalue weighted by Crippen LogP contribution is 2.41. The molecule has 52 valence electrons. The Bertz CT molecular complexity index is 118. The number of epoxide rings is 1. The van der Waals surface area contributed by atoms with Crippen LogP contribution < -0.4 is 0 Å². The Hall–Kier alpha value is -0.370. The molecule has 2 atom stereocenters. The van der Waals surface area contributed by atoms with Crippen molar-refractivity contribution in [2.75, 3.05) is 0 Å². The molecule has 0 aliphatic carbocycles. The molecule has 0 N–H and O–H groups in total. The van der Waals surface area contributed by atoms with Gasteiger partial charge in [-0.15, -0.1) is 0 Å². The fourth-order valence-electron chi connectivity index (χ4n) is 1.19. The molecule has 2 nitrogen and oxygen atoms in total. The Morgan fingerprint density at radius 3 is 2.44 bits per heavy atom. The number of ether oxygens (including phenoxy) is 1. The normalized spacial score (nSPS) is 40.4. The second-order valence-corrected chi connectivity index (χ2v) is 2.55. The maximum Gasteiger partial charge on any atom is 0.122 e. The molecule has 0 bridgehead atoms. The van der Waals surface area contributed by atoms with Gasteiger partial charge in [-0.05, 0) is 13.3 Å². The molecule has 2 unspecified atom stereocenters. The molecule has 0 radical (unpaired) electrons. The second-order valence-electron chi connectivity index (χ2n) is 2.55. The third-order valence-electron chi connectivity index (χ3n) is 2.12. The first kappa shape index (κ1) is 6.75. The summed E-state index contributed by atoms with van der Waals surface area (Å²) in [5.41, 5.74) is -0.0677. The minimum atomic E-state index is -0.0677. The lowest BCUT2D eigenvalue weighted by atomic mass is 10.0.